The van der Waals surface area contributed by atoms with Crippen LogP contribution in [0.15, 0.2) is 41.8 Å². The molecule has 0 bridgehead atoms. The van der Waals surface area contributed by atoms with Gasteiger partial charge in [-0.25, -0.2) is 0 Å². The Balaban J connectivity index is 1.47. The molecule has 2 amide bonds. The Labute approximate surface area is 176 Å². The van der Waals surface area contributed by atoms with Gasteiger partial charge in [-0.2, -0.15) is 0 Å². The van der Waals surface area contributed by atoms with Crippen molar-refractivity contribution in [1.29, 1.82) is 0 Å². The monoisotopic (exact) mass is 412 g/mol. The Kier molecular flexibility index (Phi) is 6.31. The topological polar surface area (TPSA) is 49.9 Å². The molecule has 1 aromatic heterocycles. The molecule has 1 aliphatic carbocycles. The molecule has 29 heavy (non-hydrogen) atoms. The van der Waals surface area contributed by atoms with E-state index < -0.39 is 0 Å². The van der Waals surface area contributed by atoms with E-state index in [1.165, 1.54) is 11.3 Å². The molecule has 1 saturated heterocycles. The second-order valence-corrected chi connectivity index (χ2v) is 8.93. The van der Waals surface area contributed by atoms with Gasteiger partial charge < -0.3 is 14.5 Å². The fraction of sp³-hybridized carbons (Fsp3) is 0.478. The number of hydrogen-bond acceptors (Lipinski definition) is 4. The highest BCUT2D eigenvalue weighted by atomic mass is 32.1. The Morgan fingerprint density at radius 2 is 1.93 bits per heavy atom. The van der Waals surface area contributed by atoms with Crippen molar-refractivity contribution in [1.82, 2.24) is 9.80 Å². The molecule has 2 aromatic rings. The molecule has 1 unspecified atom stereocenters. The summed E-state index contributed by atoms with van der Waals surface area (Å²) in [6.45, 7) is 4.20. The summed E-state index contributed by atoms with van der Waals surface area (Å²) >= 11 is 1.47. The van der Waals surface area contributed by atoms with Crippen molar-refractivity contribution >= 4 is 23.2 Å². The highest BCUT2D eigenvalue weighted by molar-refractivity contribution is 7.12. The lowest BCUT2D eigenvalue weighted by atomic mass is 10.1. The first-order valence-electron chi connectivity index (χ1n) is 10.4. The minimum Gasteiger partial charge on any atom is -0.373 e. The molecular weight excluding hydrogens is 384 g/mol. The first kappa shape index (κ1) is 20.1. The van der Waals surface area contributed by atoms with Crippen LogP contribution in [-0.4, -0.2) is 60.0 Å². The molecule has 6 heteroatoms. The number of nitrogens with zero attached hydrogens (tertiary/aromatic N) is 2. The van der Waals surface area contributed by atoms with Crippen LogP contribution in [0.1, 0.15) is 51.3 Å². The van der Waals surface area contributed by atoms with E-state index in [4.69, 9.17) is 4.74 Å². The summed E-state index contributed by atoms with van der Waals surface area (Å²) in [4.78, 5) is 30.7. The van der Waals surface area contributed by atoms with Crippen molar-refractivity contribution in [2.45, 2.75) is 44.8 Å². The normalized spacial score (nSPS) is 20.0. The van der Waals surface area contributed by atoms with E-state index in [-0.39, 0.29) is 24.0 Å². The predicted octanol–water partition coefficient (Wildman–Crippen LogP) is 3.98. The molecule has 2 fully saturated rings. The predicted molar refractivity (Wildman–Crippen MR) is 114 cm³/mol. The molecule has 4 rings (SSSR count). The fourth-order valence-electron chi connectivity index (χ4n) is 4.27. The van der Waals surface area contributed by atoms with Crippen LogP contribution in [0.25, 0.3) is 0 Å². The van der Waals surface area contributed by atoms with E-state index in [2.05, 4.69) is 0 Å². The molecule has 2 aliphatic rings. The van der Waals surface area contributed by atoms with Crippen molar-refractivity contribution in [3.05, 3.63) is 57.8 Å². The summed E-state index contributed by atoms with van der Waals surface area (Å²) < 4.78 is 5.99. The third-order valence-corrected chi connectivity index (χ3v) is 6.74. The number of carbonyl (C=O) groups is 2. The number of benzene rings is 1. The summed E-state index contributed by atoms with van der Waals surface area (Å²) in [6.07, 6.45) is 4.26. The zero-order chi connectivity index (χ0) is 20.2. The number of rotatable bonds is 5. The van der Waals surface area contributed by atoms with Gasteiger partial charge in [-0.3, -0.25) is 9.59 Å². The average Bonchev–Trinajstić information content (AvgIpc) is 3.46. The lowest BCUT2D eigenvalue weighted by Crippen LogP contribution is -2.52. The zero-order valence-electron chi connectivity index (χ0n) is 16.9. The molecule has 1 saturated carbocycles. The van der Waals surface area contributed by atoms with Crippen LogP contribution in [0, 0.1) is 6.92 Å². The van der Waals surface area contributed by atoms with Crippen LogP contribution in [-0.2, 0) is 4.74 Å². The van der Waals surface area contributed by atoms with Crippen LogP contribution < -0.4 is 0 Å². The quantitative estimate of drug-likeness (QED) is 0.746. The minimum atomic E-state index is -0.150. The highest BCUT2D eigenvalue weighted by Gasteiger charge is 2.33. The van der Waals surface area contributed by atoms with Crippen molar-refractivity contribution < 1.29 is 14.3 Å². The van der Waals surface area contributed by atoms with E-state index in [0.29, 0.717) is 26.2 Å². The molecule has 154 valence electrons. The van der Waals surface area contributed by atoms with Crippen LogP contribution in [0.3, 0.4) is 0 Å². The second kappa shape index (κ2) is 9.09. The standard InChI is InChI=1S/C23H28N2O3S/c1-17-8-10-18(11-9-17)22(26)25(19-5-2-3-6-19)16-20-15-24(12-13-28-20)23(27)21-7-4-14-29-21/h4,7-11,14,19-20H,2-3,5-6,12-13,15-16H2,1H3. The van der Waals surface area contributed by atoms with Crippen molar-refractivity contribution in [3.63, 3.8) is 0 Å². The van der Waals surface area contributed by atoms with Gasteiger partial charge in [0.25, 0.3) is 11.8 Å². The Morgan fingerprint density at radius 3 is 2.62 bits per heavy atom. The summed E-state index contributed by atoms with van der Waals surface area (Å²) in [6, 6.07) is 11.8. The van der Waals surface area contributed by atoms with E-state index in [9.17, 15) is 9.59 Å². The maximum atomic E-state index is 13.3. The van der Waals surface area contributed by atoms with Crippen LogP contribution in [0.4, 0.5) is 0 Å². The third-order valence-electron chi connectivity index (χ3n) is 5.88. The molecule has 0 radical (unpaired) electrons. The molecule has 1 aliphatic heterocycles. The Hall–Kier alpha value is -2.18. The molecule has 1 atom stereocenters. The second-order valence-electron chi connectivity index (χ2n) is 7.98. The van der Waals surface area contributed by atoms with Crippen molar-refractivity contribution in [2.75, 3.05) is 26.2 Å². The maximum absolute atomic E-state index is 13.3. The Bertz CT molecular complexity index is 828. The van der Waals surface area contributed by atoms with Gasteiger partial charge >= 0.3 is 0 Å². The van der Waals surface area contributed by atoms with Gasteiger partial charge in [-0.15, -0.1) is 11.3 Å². The van der Waals surface area contributed by atoms with Crippen molar-refractivity contribution in [2.24, 2.45) is 0 Å². The number of carbonyl (C=O) groups excluding carboxylic acids is 2. The van der Waals surface area contributed by atoms with Gasteiger partial charge in [-0.05, 0) is 43.3 Å². The van der Waals surface area contributed by atoms with Crippen LogP contribution >= 0.6 is 11.3 Å². The van der Waals surface area contributed by atoms with Crippen molar-refractivity contribution in [3.8, 4) is 0 Å². The molecule has 0 spiro atoms. The molecule has 2 heterocycles. The summed E-state index contributed by atoms with van der Waals surface area (Å²) in [5.74, 6) is 0.132. The SMILES string of the molecule is Cc1ccc(C(=O)N(CC2CN(C(=O)c3cccs3)CCO2)C2CCCC2)cc1. The fourth-order valence-corrected chi connectivity index (χ4v) is 4.96. The number of morpholine rings is 1. The van der Waals surface area contributed by atoms with Crippen LogP contribution in [0.5, 0.6) is 0 Å². The summed E-state index contributed by atoms with van der Waals surface area (Å²) in [5, 5.41) is 1.92. The molecule has 5 nitrogen and oxygen atoms in total. The van der Waals surface area contributed by atoms with Crippen LogP contribution in [0.2, 0.25) is 0 Å². The molecule has 1 aromatic carbocycles. The smallest absolute Gasteiger partial charge is 0.264 e. The largest absolute Gasteiger partial charge is 0.373 e. The lowest BCUT2D eigenvalue weighted by molar-refractivity contribution is -0.0369. The first-order chi connectivity index (χ1) is 14.1. The van der Waals surface area contributed by atoms with E-state index in [0.717, 1.165) is 41.7 Å². The zero-order valence-corrected chi connectivity index (χ0v) is 17.7. The summed E-state index contributed by atoms with van der Waals surface area (Å²) in [5.41, 5.74) is 1.87. The van der Waals surface area contributed by atoms with Gasteiger partial charge in [0.2, 0.25) is 0 Å². The van der Waals surface area contributed by atoms with Gasteiger partial charge in [-0.1, -0.05) is 36.6 Å². The molecular formula is C23H28N2O3S. The third kappa shape index (κ3) is 4.70. The number of thiophene rings is 1. The van der Waals surface area contributed by atoms with Gasteiger partial charge in [0.15, 0.2) is 0 Å². The van der Waals surface area contributed by atoms with Gasteiger partial charge in [0, 0.05) is 31.2 Å². The Morgan fingerprint density at radius 1 is 1.17 bits per heavy atom. The van der Waals surface area contributed by atoms with Gasteiger partial charge in [0.05, 0.1) is 17.6 Å². The van der Waals surface area contributed by atoms with Gasteiger partial charge in [0.1, 0.15) is 0 Å². The highest BCUT2D eigenvalue weighted by Crippen LogP contribution is 2.26. The molecule has 0 N–H and O–H groups in total. The lowest BCUT2D eigenvalue weighted by Gasteiger charge is -2.37. The number of aryl methyl sites for hydroxylation is 1. The minimum absolute atomic E-state index is 0.0607. The average molecular weight is 413 g/mol. The number of ether oxygens (including phenoxy) is 1. The number of amides is 2. The summed E-state index contributed by atoms with van der Waals surface area (Å²) in [7, 11) is 0. The maximum Gasteiger partial charge on any atom is 0.264 e. The van der Waals surface area contributed by atoms with E-state index >= 15 is 0 Å². The van der Waals surface area contributed by atoms with E-state index in [1.54, 1.807) is 0 Å². The number of hydrogen-bond donors (Lipinski definition) is 0. The van der Waals surface area contributed by atoms with E-state index in [1.807, 2.05) is 58.5 Å². The first-order valence-corrected chi connectivity index (χ1v) is 11.3.